The van der Waals surface area contributed by atoms with E-state index in [4.69, 9.17) is 15.7 Å². The van der Waals surface area contributed by atoms with E-state index < -0.39 is 17.7 Å². The van der Waals surface area contributed by atoms with Gasteiger partial charge >= 0.3 is 0 Å². The number of nitrogens with two attached hydrogens (primary N) is 1. The molecule has 0 aliphatic carbocycles. The summed E-state index contributed by atoms with van der Waals surface area (Å²) in [6, 6.07) is 2.75. The largest absolute Gasteiger partial charge is 0.375 e. The molecular weight excluding hydrogens is 220 g/mol. The maximum atomic E-state index is 13.1. The van der Waals surface area contributed by atoms with Crippen LogP contribution in [0, 0.1) is 11.6 Å². The minimum absolute atomic E-state index is 0.00869. The van der Waals surface area contributed by atoms with Gasteiger partial charge in [0.25, 0.3) is 0 Å². The number of hydrogen-bond acceptors (Lipinski definition) is 4. The third-order valence-corrected chi connectivity index (χ3v) is 1.89. The Morgan fingerprint density at radius 1 is 1.31 bits per heavy atom. The van der Waals surface area contributed by atoms with Gasteiger partial charge in [0.05, 0.1) is 25.9 Å². The molecule has 0 saturated heterocycles. The Hall–Kier alpha value is -1.08. The Morgan fingerprint density at radius 3 is 2.69 bits per heavy atom. The lowest BCUT2D eigenvalue weighted by Crippen LogP contribution is -2.31. The molecular formula is C10H13F2NO3. The van der Waals surface area contributed by atoms with Gasteiger partial charge in [0.2, 0.25) is 0 Å². The molecule has 1 atom stereocenters. The molecule has 0 spiro atoms. The van der Waals surface area contributed by atoms with E-state index in [1.54, 1.807) is 0 Å². The molecule has 0 aliphatic rings. The van der Waals surface area contributed by atoms with Crippen LogP contribution in [0.25, 0.3) is 0 Å². The summed E-state index contributed by atoms with van der Waals surface area (Å²) < 4.78 is 30.7. The maximum Gasteiger partial charge on any atom is 0.131 e. The summed E-state index contributed by atoms with van der Waals surface area (Å²) in [5.41, 5.74) is 5.70. The first kappa shape index (κ1) is 13.0. The summed E-state index contributed by atoms with van der Waals surface area (Å²) in [5, 5.41) is 8.09. The van der Waals surface area contributed by atoms with Crippen molar-refractivity contribution in [3.63, 3.8) is 0 Å². The summed E-state index contributed by atoms with van der Waals surface area (Å²) in [7, 11) is 0. The van der Waals surface area contributed by atoms with Gasteiger partial charge in [0, 0.05) is 11.6 Å². The molecule has 0 aliphatic heterocycles. The fourth-order valence-corrected chi connectivity index (χ4v) is 1.10. The van der Waals surface area contributed by atoms with E-state index in [1.807, 2.05) is 0 Å². The van der Waals surface area contributed by atoms with Crippen molar-refractivity contribution in [2.75, 3.05) is 13.2 Å². The third-order valence-electron chi connectivity index (χ3n) is 1.89. The first-order valence-corrected chi connectivity index (χ1v) is 4.67. The monoisotopic (exact) mass is 233 g/mol. The van der Waals surface area contributed by atoms with E-state index in [2.05, 4.69) is 4.89 Å². The van der Waals surface area contributed by atoms with Crippen molar-refractivity contribution in [1.82, 2.24) is 0 Å². The maximum absolute atomic E-state index is 13.1. The normalized spacial score (nSPS) is 12.8. The molecule has 0 amide bonds. The number of ether oxygens (including phenoxy) is 1. The minimum Gasteiger partial charge on any atom is -0.375 e. The summed E-state index contributed by atoms with van der Waals surface area (Å²) in [6.45, 7) is 0.0362. The van der Waals surface area contributed by atoms with Crippen LogP contribution >= 0.6 is 0 Å². The van der Waals surface area contributed by atoms with Crippen molar-refractivity contribution in [3.8, 4) is 0 Å². The predicted molar refractivity (Wildman–Crippen MR) is 52.6 cm³/mol. The van der Waals surface area contributed by atoms with Crippen LogP contribution in [0.5, 0.6) is 0 Å². The van der Waals surface area contributed by atoms with Crippen LogP contribution in [-0.4, -0.2) is 24.5 Å². The van der Waals surface area contributed by atoms with Crippen molar-refractivity contribution >= 4 is 0 Å². The first-order chi connectivity index (χ1) is 7.63. The molecule has 0 unspecified atom stereocenters. The van der Waals surface area contributed by atoms with E-state index in [0.29, 0.717) is 0 Å². The zero-order valence-electron chi connectivity index (χ0n) is 8.53. The standard InChI is InChI=1S/C10H13F2NO3/c11-8-2-1-7(10(12)3-8)4-15-5-9(13)6-16-14/h1-3,9,14H,4-6,13H2/t9-/m1/s1. The summed E-state index contributed by atoms with van der Waals surface area (Å²) in [4.78, 5) is 3.82. The molecule has 0 fully saturated rings. The third kappa shape index (κ3) is 4.19. The molecule has 4 nitrogen and oxygen atoms in total. The molecule has 0 radical (unpaired) electrons. The van der Waals surface area contributed by atoms with E-state index in [-0.39, 0.29) is 25.4 Å². The lowest BCUT2D eigenvalue weighted by atomic mass is 10.2. The molecule has 90 valence electrons. The van der Waals surface area contributed by atoms with Gasteiger partial charge in [0.15, 0.2) is 0 Å². The Labute approximate surface area is 91.5 Å². The average Bonchev–Trinajstić information content (AvgIpc) is 2.22. The van der Waals surface area contributed by atoms with Gasteiger partial charge < -0.3 is 10.5 Å². The van der Waals surface area contributed by atoms with Gasteiger partial charge in [0.1, 0.15) is 11.6 Å². The van der Waals surface area contributed by atoms with Crippen LogP contribution in [-0.2, 0) is 16.2 Å². The molecule has 3 N–H and O–H groups in total. The Balaban J connectivity index is 2.37. The highest BCUT2D eigenvalue weighted by Crippen LogP contribution is 2.10. The molecule has 6 heteroatoms. The molecule has 1 aromatic carbocycles. The highest BCUT2D eigenvalue weighted by atomic mass is 19.1. The number of benzene rings is 1. The first-order valence-electron chi connectivity index (χ1n) is 4.67. The number of halogens is 2. The highest BCUT2D eigenvalue weighted by Gasteiger charge is 2.06. The molecule has 1 rings (SSSR count). The average molecular weight is 233 g/mol. The van der Waals surface area contributed by atoms with Gasteiger partial charge in [-0.25, -0.2) is 13.7 Å². The zero-order valence-corrected chi connectivity index (χ0v) is 8.53. The van der Waals surface area contributed by atoms with E-state index in [1.165, 1.54) is 6.07 Å². The molecule has 1 aromatic rings. The van der Waals surface area contributed by atoms with Crippen molar-refractivity contribution in [3.05, 3.63) is 35.4 Å². The van der Waals surface area contributed by atoms with E-state index >= 15 is 0 Å². The van der Waals surface area contributed by atoms with Crippen LogP contribution < -0.4 is 5.73 Å². The van der Waals surface area contributed by atoms with E-state index in [0.717, 1.165) is 12.1 Å². The molecule has 16 heavy (non-hydrogen) atoms. The van der Waals surface area contributed by atoms with Gasteiger partial charge in [-0.2, -0.15) is 0 Å². The molecule has 0 saturated carbocycles. The van der Waals surface area contributed by atoms with Crippen molar-refractivity contribution in [2.24, 2.45) is 5.73 Å². The second-order valence-corrected chi connectivity index (χ2v) is 3.31. The van der Waals surface area contributed by atoms with Crippen molar-refractivity contribution in [1.29, 1.82) is 0 Å². The molecule has 0 aromatic heterocycles. The second kappa shape index (κ2) is 6.49. The Morgan fingerprint density at radius 2 is 2.06 bits per heavy atom. The lowest BCUT2D eigenvalue weighted by molar-refractivity contribution is -0.246. The summed E-state index contributed by atoms with van der Waals surface area (Å²) >= 11 is 0. The van der Waals surface area contributed by atoms with Crippen LogP contribution in [0.4, 0.5) is 8.78 Å². The van der Waals surface area contributed by atoms with Gasteiger partial charge in [-0.3, -0.25) is 5.26 Å². The highest BCUT2D eigenvalue weighted by molar-refractivity contribution is 5.17. The van der Waals surface area contributed by atoms with Crippen LogP contribution in [0.2, 0.25) is 0 Å². The zero-order chi connectivity index (χ0) is 12.0. The molecule has 0 heterocycles. The second-order valence-electron chi connectivity index (χ2n) is 3.31. The fraction of sp³-hybridized carbons (Fsp3) is 0.400. The Bertz CT molecular complexity index is 336. The van der Waals surface area contributed by atoms with Gasteiger partial charge in [-0.15, -0.1) is 0 Å². The van der Waals surface area contributed by atoms with Gasteiger partial charge in [-0.05, 0) is 6.07 Å². The minimum atomic E-state index is -0.660. The SMILES string of the molecule is N[C@@H](COO)COCc1ccc(F)cc1F. The summed E-state index contributed by atoms with van der Waals surface area (Å²) in [6.07, 6.45) is 0. The topological polar surface area (TPSA) is 64.7 Å². The van der Waals surface area contributed by atoms with Crippen molar-refractivity contribution < 1.29 is 23.7 Å². The predicted octanol–water partition coefficient (Wildman–Crippen LogP) is 1.30. The fourth-order valence-electron chi connectivity index (χ4n) is 1.10. The van der Waals surface area contributed by atoms with Crippen LogP contribution in [0.3, 0.4) is 0 Å². The molecule has 0 bridgehead atoms. The number of rotatable bonds is 6. The lowest BCUT2D eigenvalue weighted by Gasteiger charge is -2.10. The smallest absolute Gasteiger partial charge is 0.131 e. The van der Waals surface area contributed by atoms with Gasteiger partial charge in [-0.1, -0.05) is 6.07 Å². The van der Waals surface area contributed by atoms with Crippen LogP contribution in [0.1, 0.15) is 5.56 Å². The Kier molecular flexibility index (Phi) is 5.27. The quantitative estimate of drug-likeness (QED) is 0.574. The van der Waals surface area contributed by atoms with E-state index in [9.17, 15) is 8.78 Å². The van der Waals surface area contributed by atoms with Crippen LogP contribution in [0.15, 0.2) is 18.2 Å². The summed E-state index contributed by atoms with van der Waals surface area (Å²) in [5.74, 6) is -1.29. The number of hydrogen-bond donors (Lipinski definition) is 2. The van der Waals surface area contributed by atoms with Crippen molar-refractivity contribution in [2.45, 2.75) is 12.6 Å².